The molecule has 0 bridgehead atoms. The third kappa shape index (κ3) is 8.92. The van der Waals surface area contributed by atoms with Crippen molar-refractivity contribution in [2.24, 2.45) is 0 Å². The normalized spacial score (nSPS) is 21.2. The van der Waals surface area contributed by atoms with Gasteiger partial charge in [0, 0.05) is 38.8 Å². The van der Waals surface area contributed by atoms with Gasteiger partial charge in [-0.1, -0.05) is 24.3 Å². The molecule has 230 valence electrons. The zero-order valence-corrected chi connectivity index (χ0v) is 24.6. The summed E-state index contributed by atoms with van der Waals surface area (Å²) in [6.45, 7) is 11.8. The second-order valence-corrected chi connectivity index (χ2v) is 9.85. The SMILES string of the molecule is C=CCc1ccc(O)c(-c2cc(CC=C)ccc2O[C@@H]2O[C@H](COC(C)=O)[C@@H](OC(C)=O)[C@H](OC(C)=O)[C@H]2OC(C)=O)c1. The highest BCUT2D eigenvalue weighted by molar-refractivity contribution is 5.77. The number of hydrogen-bond donors (Lipinski definition) is 1. The number of carbonyl (C=O) groups is 4. The van der Waals surface area contributed by atoms with Crippen LogP contribution in [0.1, 0.15) is 38.8 Å². The lowest BCUT2D eigenvalue weighted by atomic mass is 9.96. The molecule has 0 aromatic heterocycles. The van der Waals surface area contributed by atoms with Gasteiger partial charge in [-0.05, 0) is 48.2 Å². The Labute approximate surface area is 250 Å². The fraction of sp³-hybridized carbons (Fsp3) is 0.375. The number of aromatic hydroxyl groups is 1. The molecule has 1 aliphatic heterocycles. The van der Waals surface area contributed by atoms with Gasteiger partial charge in [-0.2, -0.15) is 0 Å². The molecule has 1 N–H and O–H groups in total. The second-order valence-electron chi connectivity index (χ2n) is 9.85. The van der Waals surface area contributed by atoms with Gasteiger partial charge in [-0.3, -0.25) is 19.2 Å². The fourth-order valence-corrected chi connectivity index (χ4v) is 4.69. The monoisotopic (exact) mass is 596 g/mol. The number of rotatable bonds is 12. The summed E-state index contributed by atoms with van der Waals surface area (Å²) in [7, 11) is 0. The van der Waals surface area contributed by atoms with Gasteiger partial charge in [-0.25, -0.2) is 0 Å². The average molecular weight is 597 g/mol. The molecule has 0 saturated carbocycles. The molecule has 2 aromatic rings. The van der Waals surface area contributed by atoms with Crippen LogP contribution in [0.25, 0.3) is 11.1 Å². The Morgan fingerprint density at radius 3 is 1.86 bits per heavy atom. The average Bonchev–Trinajstić information content (AvgIpc) is 2.92. The summed E-state index contributed by atoms with van der Waals surface area (Å²) >= 11 is 0. The number of allylic oxidation sites excluding steroid dienone is 2. The van der Waals surface area contributed by atoms with E-state index in [9.17, 15) is 24.3 Å². The van der Waals surface area contributed by atoms with Crippen LogP contribution in [-0.4, -0.2) is 66.3 Å². The van der Waals surface area contributed by atoms with Gasteiger partial charge in [0.2, 0.25) is 12.4 Å². The highest BCUT2D eigenvalue weighted by Crippen LogP contribution is 2.40. The highest BCUT2D eigenvalue weighted by atomic mass is 16.7. The quantitative estimate of drug-likeness (QED) is 0.216. The second kappa shape index (κ2) is 15.0. The van der Waals surface area contributed by atoms with Crippen LogP contribution in [0.15, 0.2) is 61.7 Å². The summed E-state index contributed by atoms with van der Waals surface area (Å²) < 4.78 is 34.0. The van der Waals surface area contributed by atoms with Gasteiger partial charge in [-0.15, -0.1) is 13.2 Å². The summed E-state index contributed by atoms with van der Waals surface area (Å²) in [5.41, 5.74) is 2.68. The molecule has 2 aromatic carbocycles. The predicted molar refractivity (Wildman–Crippen MR) is 154 cm³/mol. The van der Waals surface area contributed by atoms with Crippen LogP contribution in [0.5, 0.6) is 11.5 Å². The third-order valence-corrected chi connectivity index (χ3v) is 6.35. The summed E-state index contributed by atoms with van der Waals surface area (Å²) in [6.07, 6.45) is -2.21. The van der Waals surface area contributed by atoms with E-state index in [0.717, 1.165) is 31.9 Å². The van der Waals surface area contributed by atoms with Crippen LogP contribution in [0.3, 0.4) is 0 Å². The van der Waals surface area contributed by atoms with Gasteiger partial charge in [0.1, 0.15) is 24.2 Å². The zero-order chi connectivity index (χ0) is 31.7. The maximum Gasteiger partial charge on any atom is 0.303 e. The summed E-state index contributed by atoms with van der Waals surface area (Å²) in [5.74, 6) is -2.69. The number of carbonyl (C=O) groups excluding carboxylic acids is 4. The topological polar surface area (TPSA) is 144 Å². The van der Waals surface area contributed by atoms with Crippen LogP contribution >= 0.6 is 0 Å². The molecule has 1 heterocycles. The maximum absolute atomic E-state index is 12.2. The first-order chi connectivity index (χ1) is 20.4. The van der Waals surface area contributed by atoms with Crippen LogP contribution < -0.4 is 4.74 Å². The summed E-state index contributed by atoms with van der Waals surface area (Å²) in [4.78, 5) is 48.0. The lowest BCUT2D eigenvalue weighted by Crippen LogP contribution is -2.63. The van der Waals surface area contributed by atoms with Crippen molar-refractivity contribution in [2.45, 2.75) is 71.2 Å². The minimum atomic E-state index is -1.44. The van der Waals surface area contributed by atoms with Crippen molar-refractivity contribution >= 4 is 23.9 Å². The lowest BCUT2D eigenvalue weighted by molar-refractivity contribution is -0.288. The molecule has 1 aliphatic rings. The van der Waals surface area contributed by atoms with Crippen molar-refractivity contribution in [3.63, 3.8) is 0 Å². The summed E-state index contributed by atoms with van der Waals surface area (Å²) in [5, 5.41) is 10.8. The van der Waals surface area contributed by atoms with Crippen LogP contribution in [-0.2, 0) is 55.7 Å². The first-order valence-corrected chi connectivity index (χ1v) is 13.6. The summed E-state index contributed by atoms with van der Waals surface area (Å²) in [6, 6.07) is 10.4. The van der Waals surface area contributed by atoms with E-state index in [-0.39, 0.29) is 11.5 Å². The smallest absolute Gasteiger partial charge is 0.303 e. The van der Waals surface area contributed by atoms with E-state index in [1.54, 1.807) is 42.5 Å². The number of esters is 4. The van der Waals surface area contributed by atoms with Gasteiger partial charge in [0.25, 0.3) is 0 Å². The molecule has 11 nitrogen and oxygen atoms in total. The lowest BCUT2D eigenvalue weighted by Gasteiger charge is -2.44. The molecule has 0 unspecified atom stereocenters. The van der Waals surface area contributed by atoms with Crippen molar-refractivity contribution in [1.29, 1.82) is 0 Å². The largest absolute Gasteiger partial charge is 0.507 e. The Balaban J connectivity index is 2.16. The maximum atomic E-state index is 12.2. The van der Waals surface area contributed by atoms with E-state index in [1.807, 2.05) is 6.07 Å². The third-order valence-electron chi connectivity index (χ3n) is 6.35. The molecule has 5 atom stereocenters. The fourth-order valence-electron chi connectivity index (χ4n) is 4.69. The number of hydrogen-bond acceptors (Lipinski definition) is 11. The minimum absolute atomic E-state index is 0.0186. The molecular formula is C32H36O11. The molecule has 0 amide bonds. The van der Waals surface area contributed by atoms with E-state index in [4.69, 9.17) is 28.4 Å². The zero-order valence-electron chi connectivity index (χ0n) is 24.6. The highest BCUT2D eigenvalue weighted by Gasteiger charge is 2.53. The molecule has 0 aliphatic carbocycles. The van der Waals surface area contributed by atoms with Crippen molar-refractivity contribution in [2.75, 3.05) is 6.61 Å². The Hall–Kier alpha value is -4.64. The Morgan fingerprint density at radius 2 is 1.30 bits per heavy atom. The molecular weight excluding hydrogens is 560 g/mol. The van der Waals surface area contributed by atoms with Gasteiger partial charge >= 0.3 is 23.9 Å². The molecule has 3 rings (SSSR count). The van der Waals surface area contributed by atoms with E-state index in [2.05, 4.69) is 13.2 Å². The first-order valence-electron chi connectivity index (χ1n) is 13.6. The molecule has 0 spiro atoms. The predicted octanol–water partition coefficient (Wildman–Crippen LogP) is 3.98. The first kappa shape index (κ1) is 32.9. The molecule has 1 saturated heterocycles. The van der Waals surface area contributed by atoms with Crippen LogP contribution in [0.2, 0.25) is 0 Å². The number of phenols is 1. The Kier molecular flexibility index (Phi) is 11.5. The van der Waals surface area contributed by atoms with E-state index < -0.39 is 61.2 Å². The van der Waals surface area contributed by atoms with Crippen LogP contribution in [0.4, 0.5) is 0 Å². The standard InChI is InChI=1S/C32H36O11/c1-7-9-22-11-13-26(37)24(15-22)25-16-23(10-8-2)12-14-27(25)42-32-31(41-21(6)36)30(40-20(5)35)29(39-19(4)34)28(43-32)17-38-18(3)33/h7-8,11-16,28-32,37H,1-2,9-10,17H2,3-6H3/t28-,29-,30+,31-,32-/m1/s1. The number of benzene rings is 2. The van der Waals surface area contributed by atoms with Gasteiger partial charge in [0.15, 0.2) is 12.2 Å². The van der Waals surface area contributed by atoms with E-state index in [0.29, 0.717) is 24.0 Å². The van der Waals surface area contributed by atoms with E-state index >= 15 is 0 Å². The molecule has 11 heteroatoms. The van der Waals surface area contributed by atoms with Crippen molar-refractivity contribution in [3.05, 3.63) is 72.8 Å². The van der Waals surface area contributed by atoms with Crippen molar-refractivity contribution in [1.82, 2.24) is 0 Å². The molecule has 1 fully saturated rings. The van der Waals surface area contributed by atoms with E-state index in [1.165, 1.54) is 6.92 Å². The Morgan fingerprint density at radius 1 is 0.767 bits per heavy atom. The molecule has 43 heavy (non-hydrogen) atoms. The minimum Gasteiger partial charge on any atom is -0.507 e. The number of ether oxygens (including phenoxy) is 6. The van der Waals surface area contributed by atoms with Gasteiger partial charge < -0.3 is 33.5 Å². The van der Waals surface area contributed by atoms with Crippen molar-refractivity contribution < 1.29 is 52.7 Å². The molecule has 0 radical (unpaired) electrons. The van der Waals surface area contributed by atoms with Gasteiger partial charge in [0.05, 0.1) is 0 Å². The number of phenolic OH excluding ortho intramolecular Hbond substituents is 1. The van der Waals surface area contributed by atoms with Crippen LogP contribution in [0, 0.1) is 0 Å². The van der Waals surface area contributed by atoms with Crippen molar-refractivity contribution in [3.8, 4) is 22.6 Å². The Bertz CT molecular complexity index is 1370.